The van der Waals surface area contributed by atoms with Gasteiger partial charge in [0.1, 0.15) is 5.75 Å². The number of para-hydroxylation sites is 1. The standard InChI is InChI=1S/C19H16N4O3/c24-18(13-9-10-13)20-14-5-4-8-16(11-14)26-19(25)17-12-23(22-21-17)15-6-2-1-3-7-15/h1-8,11-13H,9-10H2,(H,20,24). The Hall–Kier alpha value is -3.48. The summed E-state index contributed by atoms with van der Waals surface area (Å²) in [4.78, 5) is 24.1. The Labute approximate surface area is 149 Å². The van der Waals surface area contributed by atoms with Crippen molar-refractivity contribution < 1.29 is 14.3 Å². The van der Waals surface area contributed by atoms with Gasteiger partial charge in [-0.05, 0) is 37.1 Å². The van der Waals surface area contributed by atoms with E-state index in [9.17, 15) is 9.59 Å². The molecule has 0 atom stereocenters. The van der Waals surface area contributed by atoms with Gasteiger partial charge in [0.05, 0.1) is 11.9 Å². The summed E-state index contributed by atoms with van der Waals surface area (Å²) in [6.07, 6.45) is 3.37. The Kier molecular flexibility index (Phi) is 4.18. The maximum atomic E-state index is 12.3. The summed E-state index contributed by atoms with van der Waals surface area (Å²) >= 11 is 0. The quantitative estimate of drug-likeness (QED) is 0.566. The third kappa shape index (κ3) is 3.61. The highest BCUT2D eigenvalue weighted by atomic mass is 16.5. The van der Waals surface area contributed by atoms with Crippen LogP contribution in [-0.4, -0.2) is 26.9 Å². The summed E-state index contributed by atoms with van der Waals surface area (Å²) < 4.78 is 6.84. The van der Waals surface area contributed by atoms with Crippen molar-refractivity contribution >= 4 is 17.6 Å². The van der Waals surface area contributed by atoms with Crippen molar-refractivity contribution in [3.63, 3.8) is 0 Å². The number of aromatic nitrogens is 3. The number of hydrogen-bond acceptors (Lipinski definition) is 5. The second-order valence-corrected chi connectivity index (χ2v) is 6.06. The Bertz CT molecular complexity index is 948. The summed E-state index contributed by atoms with van der Waals surface area (Å²) in [5.41, 5.74) is 1.49. The number of carbonyl (C=O) groups is 2. The van der Waals surface area contributed by atoms with Crippen LogP contribution in [0.3, 0.4) is 0 Å². The van der Waals surface area contributed by atoms with Gasteiger partial charge in [0.2, 0.25) is 5.91 Å². The molecule has 2 aromatic carbocycles. The minimum atomic E-state index is -0.613. The number of benzene rings is 2. The number of carbonyl (C=O) groups excluding carboxylic acids is 2. The fourth-order valence-electron chi connectivity index (χ4n) is 2.45. The molecule has 1 heterocycles. The molecule has 1 aliphatic rings. The fourth-order valence-corrected chi connectivity index (χ4v) is 2.45. The summed E-state index contributed by atoms with van der Waals surface area (Å²) in [5, 5.41) is 10.6. The molecule has 0 aliphatic heterocycles. The van der Waals surface area contributed by atoms with Crippen LogP contribution in [0.5, 0.6) is 5.75 Å². The van der Waals surface area contributed by atoms with Gasteiger partial charge in [-0.1, -0.05) is 29.5 Å². The fraction of sp³-hybridized carbons (Fsp3) is 0.158. The molecule has 0 saturated heterocycles. The van der Waals surface area contributed by atoms with Crippen LogP contribution in [-0.2, 0) is 4.79 Å². The van der Waals surface area contributed by atoms with Crippen LogP contribution in [0.2, 0.25) is 0 Å². The summed E-state index contributed by atoms with van der Waals surface area (Å²) in [6.45, 7) is 0. The molecule has 3 aromatic rings. The number of nitrogens with zero attached hydrogens (tertiary/aromatic N) is 3. The first-order valence-electron chi connectivity index (χ1n) is 8.30. The minimum Gasteiger partial charge on any atom is -0.422 e. The van der Waals surface area contributed by atoms with Crippen molar-refractivity contribution in [2.24, 2.45) is 5.92 Å². The molecule has 0 radical (unpaired) electrons. The minimum absolute atomic E-state index is 0.000666. The molecule has 1 aliphatic carbocycles. The second-order valence-electron chi connectivity index (χ2n) is 6.06. The molecule has 130 valence electrons. The summed E-state index contributed by atoms with van der Waals surface area (Å²) in [7, 11) is 0. The lowest BCUT2D eigenvalue weighted by molar-refractivity contribution is -0.117. The average Bonchev–Trinajstić information content (AvgIpc) is 3.39. The van der Waals surface area contributed by atoms with Gasteiger partial charge in [0, 0.05) is 17.7 Å². The molecule has 0 bridgehead atoms. The van der Waals surface area contributed by atoms with Crippen molar-refractivity contribution in [2.75, 3.05) is 5.32 Å². The smallest absolute Gasteiger partial charge is 0.365 e. The number of esters is 1. The lowest BCUT2D eigenvalue weighted by Crippen LogP contribution is -2.13. The highest BCUT2D eigenvalue weighted by Gasteiger charge is 2.29. The van der Waals surface area contributed by atoms with E-state index >= 15 is 0 Å². The zero-order valence-corrected chi connectivity index (χ0v) is 13.8. The van der Waals surface area contributed by atoms with Crippen LogP contribution < -0.4 is 10.1 Å². The van der Waals surface area contributed by atoms with E-state index in [1.165, 1.54) is 10.9 Å². The second kappa shape index (κ2) is 6.79. The van der Waals surface area contributed by atoms with E-state index in [4.69, 9.17) is 4.74 Å². The van der Waals surface area contributed by atoms with Crippen molar-refractivity contribution in [3.05, 3.63) is 66.5 Å². The first kappa shape index (κ1) is 16.0. The lowest BCUT2D eigenvalue weighted by atomic mass is 10.3. The summed E-state index contributed by atoms with van der Waals surface area (Å²) in [5.74, 6) is -0.177. The van der Waals surface area contributed by atoms with E-state index in [1.54, 1.807) is 24.3 Å². The normalized spacial score (nSPS) is 13.2. The molecule has 4 rings (SSSR count). The third-order valence-corrected chi connectivity index (χ3v) is 3.98. The summed E-state index contributed by atoms with van der Waals surface area (Å²) in [6, 6.07) is 16.1. The monoisotopic (exact) mass is 348 g/mol. The Morgan fingerprint density at radius 2 is 1.88 bits per heavy atom. The van der Waals surface area contributed by atoms with Crippen molar-refractivity contribution in [1.29, 1.82) is 0 Å². The SMILES string of the molecule is O=C(Oc1cccc(NC(=O)C2CC2)c1)c1cn(-c2ccccc2)nn1. The van der Waals surface area contributed by atoms with Gasteiger partial charge in [-0.25, -0.2) is 9.48 Å². The molecule has 0 unspecified atom stereocenters. The molecule has 1 fully saturated rings. The Morgan fingerprint density at radius 1 is 1.08 bits per heavy atom. The molecule has 0 spiro atoms. The number of nitrogens with one attached hydrogen (secondary N) is 1. The molecular formula is C19H16N4O3. The van der Waals surface area contributed by atoms with Crippen molar-refractivity contribution in [3.8, 4) is 11.4 Å². The van der Waals surface area contributed by atoms with Gasteiger partial charge in [-0.3, -0.25) is 4.79 Å². The highest BCUT2D eigenvalue weighted by molar-refractivity contribution is 5.94. The molecule has 26 heavy (non-hydrogen) atoms. The van der Waals surface area contributed by atoms with E-state index in [2.05, 4.69) is 15.6 Å². The van der Waals surface area contributed by atoms with E-state index in [0.29, 0.717) is 11.4 Å². The zero-order chi connectivity index (χ0) is 17.9. The van der Waals surface area contributed by atoms with Crippen LogP contribution in [0.25, 0.3) is 5.69 Å². The van der Waals surface area contributed by atoms with Crippen LogP contribution >= 0.6 is 0 Å². The van der Waals surface area contributed by atoms with E-state index in [0.717, 1.165) is 18.5 Å². The Morgan fingerprint density at radius 3 is 2.65 bits per heavy atom. The molecule has 1 N–H and O–H groups in total. The molecule has 1 saturated carbocycles. The molecule has 1 amide bonds. The first-order valence-corrected chi connectivity index (χ1v) is 8.30. The van der Waals surface area contributed by atoms with Gasteiger partial charge in [-0.15, -0.1) is 5.10 Å². The average molecular weight is 348 g/mol. The van der Waals surface area contributed by atoms with Gasteiger partial charge < -0.3 is 10.1 Å². The van der Waals surface area contributed by atoms with E-state index < -0.39 is 5.97 Å². The maximum absolute atomic E-state index is 12.3. The van der Waals surface area contributed by atoms with E-state index in [-0.39, 0.29) is 17.5 Å². The number of rotatable bonds is 5. The number of ether oxygens (including phenoxy) is 1. The maximum Gasteiger partial charge on any atom is 0.365 e. The predicted molar refractivity (Wildman–Crippen MR) is 94.1 cm³/mol. The first-order chi connectivity index (χ1) is 12.7. The highest BCUT2D eigenvalue weighted by Crippen LogP contribution is 2.30. The van der Waals surface area contributed by atoms with Crippen LogP contribution in [0.1, 0.15) is 23.3 Å². The molecule has 7 heteroatoms. The number of anilines is 1. The van der Waals surface area contributed by atoms with Gasteiger partial charge in [0.15, 0.2) is 5.69 Å². The Balaban J connectivity index is 1.45. The molecule has 1 aromatic heterocycles. The largest absolute Gasteiger partial charge is 0.422 e. The number of amides is 1. The lowest BCUT2D eigenvalue weighted by Gasteiger charge is -2.07. The van der Waals surface area contributed by atoms with Gasteiger partial charge in [0.25, 0.3) is 0 Å². The third-order valence-electron chi connectivity index (χ3n) is 3.98. The molecular weight excluding hydrogens is 332 g/mol. The molecule has 7 nitrogen and oxygen atoms in total. The number of hydrogen-bond donors (Lipinski definition) is 1. The van der Waals surface area contributed by atoms with Crippen LogP contribution in [0.4, 0.5) is 5.69 Å². The predicted octanol–water partition coefficient (Wildman–Crippen LogP) is 2.84. The zero-order valence-electron chi connectivity index (χ0n) is 13.8. The van der Waals surface area contributed by atoms with Gasteiger partial charge >= 0.3 is 5.97 Å². The van der Waals surface area contributed by atoms with E-state index in [1.807, 2.05) is 30.3 Å². The van der Waals surface area contributed by atoms with Gasteiger partial charge in [-0.2, -0.15) is 0 Å². The topological polar surface area (TPSA) is 86.1 Å². The van der Waals surface area contributed by atoms with Crippen molar-refractivity contribution in [2.45, 2.75) is 12.8 Å². The van der Waals surface area contributed by atoms with Crippen LogP contribution in [0.15, 0.2) is 60.8 Å². The van der Waals surface area contributed by atoms with Crippen molar-refractivity contribution in [1.82, 2.24) is 15.0 Å². The van der Waals surface area contributed by atoms with Crippen LogP contribution in [0, 0.1) is 5.92 Å².